The van der Waals surface area contributed by atoms with Crippen LogP contribution in [0, 0.1) is 0 Å². The van der Waals surface area contributed by atoms with E-state index in [2.05, 4.69) is 0 Å². The van der Waals surface area contributed by atoms with Gasteiger partial charge in [-0.05, 0) is 32.1 Å². The van der Waals surface area contributed by atoms with Crippen LogP contribution >= 0.6 is 0 Å². The van der Waals surface area contributed by atoms with Gasteiger partial charge in [-0.2, -0.15) is 0 Å². The van der Waals surface area contributed by atoms with Crippen LogP contribution in [0.15, 0.2) is 0 Å². The third-order valence-electron chi connectivity index (χ3n) is 3.75. The molecule has 2 aliphatic carbocycles. The molecule has 2 saturated carbocycles. The van der Waals surface area contributed by atoms with Crippen molar-refractivity contribution < 1.29 is 4.74 Å². The van der Waals surface area contributed by atoms with E-state index in [0.717, 1.165) is 0 Å². The molecule has 10 heavy (non-hydrogen) atoms. The SMILES string of the molecule is C1CCC23CCCC2(C1)O3. The van der Waals surface area contributed by atoms with Crippen molar-refractivity contribution in [3.8, 4) is 0 Å². The van der Waals surface area contributed by atoms with Crippen LogP contribution in [-0.2, 0) is 4.74 Å². The third kappa shape index (κ3) is 0.430. The Hall–Kier alpha value is -0.0400. The molecule has 1 aliphatic heterocycles. The summed E-state index contributed by atoms with van der Waals surface area (Å²) in [6, 6.07) is 0. The Labute approximate surface area is 61.8 Å². The first-order valence-corrected chi connectivity index (χ1v) is 4.57. The first-order valence-electron chi connectivity index (χ1n) is 4.57. The van der Waals surface area contributed by atoms with E-state index in [1.165, 1.54) is 44.9 Å². The Morgan fingerprint density at radius 2 is 1.20 bits per heavy atom. The lowest BCUT2D eigenvalue weighted by atomic mass is 9.82. The molecule has 1 heteroatoms. The number of epoxide rings is 1. The molecule has 56 valence electrons. The van der Waals surface area contributed by atoms with Gasteiger partial charge >= 0.3 is 0 Å². The Bertz CT molecular complexity index is 152. The fraction of sp³-hybridized carbons (Fsp3) is 1.00. The maximum atomic E-state index is 5.89. The van der Waals surface area contributed by atoms with Crippen molar-refractivity contribution in [2.45, 2.75) is 56.1 Å². The van der Waals surface area contributed by atoms with Gasteiger partial charge in [-0.3, -0.25) is 0 Å². The predicted octanol–water partition coefficient (Wildman–Crippen LogP) is 2.25. The van der Waals surface area contributed by atoms with Gasteiger partial charge in [-0.25, -0.2) is 0 Å². The Balaban J connectivity index is 1.95. The van der Waals surface area contributed by atoms with Crippen molar-refractivity contribution in [3.63, 3.8) is 0 Å². The first-order chi connectivity index (χ1) is 4.87. The van der Waals surface area contributed by atoms with E-state index < -0.39 is 0 Å². The Kier molecular flexibility index (Phi) is 0.797. The minimum atomic E-state index is 0.436. The molecule has 0 aromatic carbocycles. The van der Waals surface area contributed by atoms with E-state index in [9.17, 15) is 0 Å². The molecule has 1 heterocycles. The summed E-state index contributed by atoms with van der Waals surface area (Å²) >= 11 is 0. The molecule has 3 aliphatic rings. The van der Waals surface area contributed by atoms with E-state index in [1.54, 1.807) is 0 Å². The van der Waals surface area contributed by atoms with Gasteiger partial charge < -0.3 is 4.74 Å². The maximum Gasteiger partial charge on any atom is 0.0980 e. The van der Waals surface area contributed by atoms with Gasteiger partial charge in [0, 0.05) is 0 Å². The molecular formula is C9H14O. The van der Waals surface area contributed by atoms with Crippen molar-refractivity contribution in [2.24, 2.45) is 0 Å². The number of rotatable bonds is 0. The summed E-state index contributed by atoms with van der Waals surface area (Å²) in [5, 5.41) is 0. The highest BCUT2D eigenvalue weighted by Gasteiger charge is 2.71. The third-order valence-corrected chi connectivity index (χ3v) is 3.75. The largest absolute Gasteiger partial charge is 0.363 e. The van der Waals surface area contributed by atoms with Gasteiger partial charge in [0.25, 0.3) is 0 Å². The molecule has 0 N–H and O–H groups in total. The fourth-order valence-corrected chi connectivity index (χ4v) is 3.19. The monoisotopic (exact) mass is 138 g/mol. The summed E-state index contributed by atoms with van der Waals surface area (Å²) in [5.74, 6) is 0. The van der Waals surface area contributed by atoms with Crippen molar-refractivity contribution in [3.05, 3.63) is 0 Å². The van der Waals surface area contributed by atoms with Crippen LogP contribution in [0.25, 0.3) is 0 Å². The van der Waals surface area contributed by atoms with Crippen molar-refractivity contribution in [1.29, 1.82) is 0 Å². The molecule has 1 nitrogen and oxygen atoms in total. The topological polar surface area (TPSA) is 12.5 Å². The molecule has 0 aromatic rings. The molecule has 0 spiro atoms. The summed E-state index contributed by atoms with van der Waals surface area (Å²) < 4.78 is 5.89. The zero-order valence-corrected chi connectivity index (χ0v) is 6.36. The van der Waals surface area contributed by atoms with E-state index in [0.29, 0.717) is 11.2 Å². The van der Waals surface area contributed by atoms with Crippen LogP contribution in [0.5, 0.6) is 0 Å². The van der Waals surface area contributed by atoms with E-state index >= 15 is 0 Å². The molecule has 3 fully saturated rings. The van der Waals surface area contributed by atoms with E-state index in [4.69, 9.17) is 4.74 Å². The molecule has 0 bridgehead atoms. The van der Waals surface area contributed by atoms with Gasteiger partial charge in [-0.15, -0.1) is 0 Å². The minimum Gasteiger partial charge on any atom is -0.363 e. The average molecular weight is 138 g/mol. The number of ether oxygens (including phenoxy) is 1. The van der Waals surface area contributed by atoms with Gasteiger partial charge in [0.1, 0.15) is 0 Å². The van der Waals surface area contributed by atoms with Gasteiger partial charge in [0.15, 0.2) is 0 Å². The summed E-state index contributed by atoms with van der Waals surface area (Å²) in [6.07, 6.45) is 9.74. The summed E-state index contributed by atoms with van der Waals surface area (Å²) in [4.78, 5) is 0. The standard InChI is InChI=1S/C9H14O/c1-2-5-9-7-3-6-8(9,4-1)10-9/h1-7H2. The van der Waals surface area contributed by atoms with Gasteiger partial charge in [0.05, 0.1) is 11.2 Å². The summed E-state index contributed by atoms with van der Waals surface area (Å²) in [6.45, 7) is 0. The summed E-state index contributed by atoms with van der Waals surface area (Å²) in [5.41, 5.74) is 0.872. The molecule has 1 saturated heterocycles. The van der Waals surface area contributed by atoms with Crippen molar-refractivity contribution in [2.75, 3.05) is 0 Å². The highest BCUT2D eigenvalue weighted by atomic mass is 16.6. The quantitative estimate of drug-likeness (QED) is 0.468. The van der Waals surface area contributed by atoms with Crippen molar-refractivity contribution >= 4 is 0 Å². The highest BCUT2D eigenvalue weighted by molar-refractivity contribution is 5.21. The molecule has 0 aromatic heterocycles. The molecule has 2 atom stereocenters. The zero-order valence-electron chi connectivity index (χ0n) is 6.36. The lowest BCUT2D eigenvalue weighted by molar-refractivity contribution is 0.217. The predicted molar refractivity (Wildman–Crippen MR) is 38.9 cm³/mol. The van der Waals surface area contributed by atoms with Crippen LogP contribution in [0.1, 0.15) is 44.9 Å². The fourth-order valence-electron chi connectivity index (χ4n) is 3.19. The second kappa shape index (κ2) is 1.42. The van der Waals surface area contributed by atoms with Crippen LogP contribution in [0.3, 0.4) is 0 Å². The van der Waals surface area contributed by atoms with Crippen LogP contribution in [0.2, 0.25) is 0 Å². The Morgan fingerprint density at radius 1 is 0.700 bits per heavy atom. The highest BCUT2D eigenvalue weighted by Crippen LogP contribution is 2.66. The second-order valence-corrected chi connectivity index (χ2v) is 4.15. The number of hydrogen-bond donors (Lipinski definition) is 0. The summed E-state index contributed by atoms with van der Waals surface area (Å²) in [7, 11) is 0. The van der Waals surface area contributed by atoms with Crippen molar-refractivity contribution in [1.82, 2.24) is 0 Å². The van der Waals surface area contributed by atoms with E-state index in [1.807, 2.05) is 0 Å². The minimum absolute atomic E-state index is 0.436. The lowest BCUT2D eigenvalue weighted by Crippen LogP contribution is -2.23. The van der Waals surface area contributed by atoms with E-state index in [-0.39, 0.29) is 0 Å². The maximum absolute atomic E-state index is 5.89. The molecule has 3 rings (SSSR count). The molecule has 0 amide bonds. The lowest BCUT2D eigenvalue weighted by Gasteiger charge is -2.17. The normalized spacial score (nSPS) is 57.6. The Morgan fingerprint density at radius 3 is 1.80 bits per heavy atom. The molecular weight excluding hydrogens is 124 g/mol. The zero-order chi connectivity index (χ0) is 6.66. The van der Waals surface area contributed by atoms with Crippen LogP contribution in [-0.4, -0.2) is 11.2 Å². The van der Waals surface area contributed by atoms with Crippen LogP contribution < -0.4 is 0 Å². The average Bonchev–Trinajstić information content (AvgIpc) is 2.47. The number of hydrogen-bond acceptors (Lipinski definition) is 1. The van der Waals surface area contributed by atoms with Crippen LogP contribution in [0.4, 0.5) is 0 Å². The molecule has 0 radical (unpaired) electrons. The second-order valence-electron chi connectivity index (χ2n) is 4.15. The van der Waals surface area contributed by atoms with Gasteiger partial charge in [0.2, 0.25) is 0 Å². The smallest absolute Gasteiger partial charge is 0.0980 e. The first kappa shape index (κ1) is 5.59. The molecule has 2 unspecified atom stereocenters. The van der Waals surface area contributed by atoms with Gasteiger partial charge in [-0.1, -0.05) is 12.8 Å².